The second-order valence-corrected chi connectivity index (χ2v) is 4.04. The van der Waals surface area contributed by atoms with E-state index in [1.165, 1.54) is 35.6 Å². The maximum Gasteiger partial charge on any atom is 0.471 e. The summed E-state index contributed by atoms with van der Waals surface area (Å²) in [7, 11) is 0. The summed E-state index contributed by atoms with van der Waals surface area (Å²) in [6, 6.07) is 6.59. The molecule has 1 aromatic rings. The number of nitrogens with zero attached hydrogens (tertiary/aromatic N) is 1. The smallest absolute Gasteiger partial charge is 0.346 e. The van der Waals surface area contributed by atoms with E-state index in [0.717, 1.165) is 0 Å². The minimum Gasteiger partial charge on any atom is -0.346 e. The van der Waals surface area contributed by atoms with Crippen LogP contribution >= 0.6 is 0 Å². The second-order valence-electron chi connectivity index (χ2n) is 4.04. The van der Waals surface area contributed by atoms with Crippen LogP contribution in [-0.4, -0.2) is 37.3 Å². The molecule has 1 N–H and O–H groups in total. The van der Waals surface area contributed by atoms with Crippen molar-refractivity contribution in [1.29, 1.82) is 0 Å². The average molecular weight is 328 g/mol. The molecule has 0 bridgehead atoms. The van der Waals surface area contributed by atoms with Gasteiger partial charge in [-0.3, -0.25) is 9.59 Å². The number of hydrogen-bond acceptors (Lipinski definition) is 2. The van der Waals surface area contributed by atoms with Gasteiger partial charge in [-0.1, -0.05) is 18.2 Å². The van der Waals surface area contributed by atoms with Gasteiger partial charge in [-0.05, 0) is 12.1 Å². The van der Waals surface area contributed by atoms with Gasteiger partial charge in [-0.25, -0.2) is 0 Å². The molecule has 10 heteroatoms. The highest BCUT2D eigenvalue weighted by Crippen LogP contribution is 2.23. The number of alkyl halides is 6. The van der Waals surface area contributed by atoms with Crippen LogP contribution < -0.4 is 10.2 Å². The Labute approximate surface area is 120 Å². The number of carbonyl (C=O) groups excluding carboxylic acids is 2. The first-order valence-electron chi connectivity index (χ1n) is 5.82. The van der Waals surface area contributed by atoms with Crippen LogP contribution in [0.2, 0.25) is 0 Å². The van der Waals surface area contributed by atoms with Crippen LogP contribution in [0.1, 0.15) is 0 Å². The third-order valence-corrected chi connectivity index (χ3v) is 2.43. The molecule has 0 atom stereocenters. The molecule has 0 spiro atoms. The number of halogens is 6. The van der Waals surface area contributed by atoms with Gasteiger partial charge in [0, 0.05) is 18.8 Å². The van der Waals surface area contributed by atoms with Crippen molar-refractivity contribution in [1.82, 2.24) is 5.32 Å². The van der Waals surface area contributed by atoms with E-state index in [1.54, 1.807) is 0 Å². The maximum absolute atomic E-state index is 12.5. The second kappa shape index (κ2) is 6.67. The molecule has 0 aromatic heterocycles. The van der Waals surface area contributed by atoms with Gasteiger partial charge >= 0.3 is 24.2 Å². The lowest BCUT2D eigenvalue weighted by Crippen LogP contribution is -2.46. The molecule has 0 aliphatic carbocycles. The van der Waals surface area contributed by atoms with Crippen molar-refractivity contribution in [2.45, 2.75) is 12.4 Å². The quantitative estimate of drug-likeness (QED) is 0.862. The SMILES string of the molecule is O=C(NCCN(C(=O)C(F)(F)F)c1ccccc1)C(F)(F)F. The third-order valence-electron chi connectivity index (χ3n) is 2.43. The molecule has 2 amide bonds. The summed E-state index contributed by atoms with van der Waals surface area (Å²) in [5, 5.41) is 1.40. The molecule has 22 heavy (non-hydrogen) atoms. The Hall–Kier alpha value is -2.26. The first kappa shape index (κ1) is 17.8. The lowest BCUT2D eigenvalue weighted by molar-refractivity contribution is -0.173. The number of rotatable bonds is 4. The van der Waals surface area contributed by atoms with E-state index < -0.39 is 37.3 Å². The number of benzene rings is 1. The van der Waals surface area contributed by atoms with E-state index in [-0.39, 0.29) is 10.6 Å². The molecule has 122 valence electrons. The summed E-state index contributed by atoms with van der Waals surface area (Å²) in [5.41, 5.74) is -0.147. The molecule has 0 saturated heterocycles. The van der Waals surface area contributed by atoms with Gasteiger partial charge in [0.25, 0.3) is 0 Å². The molecule has 0 unspecified atom stereocenters. The minimum atomic E-state index is -5.19. The van der Waals surface area contributed by atoms with Gasteiger partial charge < -0.3 is 10.2 Å². The van der Waals surface area contributed by atoms with Gasteiger partial charge in [0.1, 0.15) is 0 Å². The van der Waals surface area contributed by atoms with Crippen LogP contribution in [0.15, 0.2) is 30.3 Å². The fourth-order valence-corrected chi connectivity index (χ4v) is 1.49. The maximum atomic E-state index is 12.5. The van der Waals surface area contributed by atoms with Crippen molar-refractivity contribution in [3.05, 3.63) is 30.3 Å². The molecule has 0 heterocycles. The molecular formula is C12H10F6N2O2. The molecule has 0 saturated carbocycles. The zero-order chi connectivity index (χ0) is 17.0. The number of nitrogens with one attached hydrogen (secondary N) is 1. The number of amides is 2. The van der Waals surface area contributed by atoms with Crippen LogP contribution in [0.4, 0.5) is 32.0 Å². The van der Waals surface area contributed by atoms with Crippen LogP contribution in [0, 0.1) is 0 Å². The van der Waals surface area contributed by atoms with E-state index in [0.29, 0.717) is 0 Å². The highest BCUT2D eigenvalue weighted by Gasteiger charge is 2.43. The van der Waals surface area contributed by atoms with Crippen LogP contribution in [0.5, 0.6) is 0 Å². The molecule has 1 rings (SSSR count). The number of para-hydroxylation sites is 1. The van der Waals surface area contributed by atoms with Crippen LogP contribution in [0.3, 0.4) is 0 Å². The monoisotopic (exact) mass is 328 g/mol. The van der Waals surface area contributed by atoms with Gasteiger partial charge in [-0.2, -0.15) is 26.3 Å². The average Bonchev–Trinajstić information content (AvgIpc) is 2.41. The fourth-order valence-electron chi connectivity index (χ4n) is 1.49. The summed E-state index contributed by atoms with van der Waals surface area (Å²) in [5.74, 6) is -4.53. The molecule has 0 fully saturated rings. The highest BCUT2D eigenvalue weighted by atomic mass is 19.4. The number of carbonyl (C=O) groups is 2. The summed E-state index contributed by atoms with van der Waals surface area (Å²) < 4.78 is 73.4. The van der Waals surface area contributed by atoms with E-state index >= 15 is 0 Å². The van der Waals surface area contributed by atoms with Crippen molar-refractivity contribution < 1.29 is 35.9 Å². The van der Waals surface area contributed by atoms with E-state index in [4.69, 9.17) is 0 Å². The van der Waals surface area contributed by atoms with Crippen LogP contribution in [-0.2, 0) is 9.59 Å². The summed E-state index contributed by atoms with van der Waals surface area (Å²) >= 11 is 0. The number of anilines is 1. The lowest BCUT2D eigenvalue weighted by atomic mass is 10.2. The Morgan fingerprint density at radius 2 is 1.50 bits per heavy atom. The van der Waals surface area contributed by atoms with E-state index in [9.17, 15) is 35.9 Å². The standard InChI is InChI=1S/C12H10F6N2O2/c13-11(14,15)9(21)19-6-7-20(10(22)12(16,17)18)8-4-2-1-3-5-8/h1-5H,6-7H2,(H,19,21). The van der Waals surface area contributed by atoms with Crippen molar-refractivity contribution in [3.63, 3.8) is 0 Å². The van der Waals surface area contributed by atoms with E-state index in [1.807, 2.05) is 0 Å². The Bertz CT molecular complexity index is 527. The zero-order valence-electron chi connectivity index (χ0n) is 10.8. The van der Waals surface area contributed by atoms with Gasteiger partial charge in [0.2, 0.25) is 0 Å². The van der Waals surface area contributed by atoms with Gasteiger partial charge in [-0.15, -0.1) is 0 Å². The van der Waals surface area contributed by atoms with Gasteiger partial charge in [0.15, 0.2) is 0 Å². The first-order valence-corrected chi connectivity index (χ1v) is 5.82. The molecule has 0 aliphatic heterocycles. The van der Waals surface area contributed by atoms with Crippen molar-refractivity contribution in [2.24, 2.45) is 0 Å². The molecule has 4 nitrogen and oxygen atoms in total. The van der Waals surface area contributed by atoms with Crippen molar-refractivity contribution in [2.75, 3.05) is 18.0 Å². The number of hydrogen-bond donors (Lipinski definition) is 1. The molecule has 1 aromatic carbocycles. The third kappa shape index (κ3) is 4.93. The van der Waals surface area contributed by atoms with Gasteiger partial charge in [0.05, 0.1) is 0 Å². The molecule has 0 radical (unpaired) electrons. The topological polar surface area (TPSA) is 49.4 Å². The fraction of sp³-hybridized carbons (Fsp3) is 0.333. The minimum absolute atomic E-state index is 0.147. The normalized spacial score (nSPS) is 11.9. The Morgan fingerprint density at radius 1 is 0.955 bits per heavy atom. The first-order chi connectivity index (χ1) is 10.0. The Morgan fingerprint density at radius 3 is 1.95 bits per heavy atom. The Balaban J connectivity index is 2.81. The van der Waals surface area contributed by atoms with E-state index in [2.05, 4.69) is 0 Å². The highest BCUT2D eigenvalue weighted by molar-refractivity contribution is 5.97. The van der Waals surface area contributed by atoms with Crippen LogP contribution in [0.25, 0.3) is 0 Å². The predicted octanol–water partition coefficient (Wildman–Crippen LogP) is 2.26. The van der Waals surface area contributed by atoms with Crippen molar-refractivity contribution in [3.8, 4) is 0 Å². The summed E-state index contributed by atoms with van der Waals surface area (Å²) in [6.07, 6.45) is -10.3. The Kier molecular flexibility index (Phi) is 5.39. The largest absolute Gasteiger partial charge is 0.471 e. The lowest BCUT2D eigenvalue weighted by Gasteiger charge is -2.24. The zero-order valence-corrected chi connectivity index (χ0v) is 10.8. The van der Waals surface area contributed by atoms with Crippen molar-refractivity contribution >= 4 is 17.5 Å². The molecular weight excluding hydrogens is 318 g/mol. The summed E-state index contributed by atoms with van der Waals surface area (Å²) in [6.45, 7) is -1.54. The summed E-state index contributed by atoms with van der Waals surface area (Å²) in [4.78, 5) is 22.1. The molecule has 0 aliphatic rings. The predicted molar refractivity (Wildman–Crippen MR) is 63.9 cm³/mol.